The molecule has 0 rings (SSSR count). The number of carbonyl (C=O) groups is 2. The first kappa shape index (κ1) is 18.2. The number of aliphatic hydroxyl groups excluding tert-OH is 1. The van der Waals surface area contributed by atoms with Gasteiger partial charge >= 0.3 is 5.97 Å². The lowest BCUT2D eigenvalue weighted by molar-refractivity contribution is -0.139. The van der Waals surface area contributed by atoms with Crippen LogP contribution in [0.25, 0.3) is 0 Å². The molecule has 0 saturated heterocycles. The van der Waals surface area contributed by atoms with Gasteiger partial charge in [-0.2, -0.15) is 0 Å². The second kappa shape index (κ2) is 10.0. The molecule has 0 aliphatic heterocycles. The molecule has 0 heterocycles. The summed E-state index contributed by atoms with van der Waals surface area (Å²) in [7, 11) is 0. The summed E-state index contributed by atoms with van der Waals surface area (Å²) in [5.74, 6) is -0.905. The SMILES string of the molecule is C/C=C\C(=C/CC)COC(=O)/C(CC(C)=O)=C(\O)CC. The van der Waals surface area contributed by atoms with E-state index < -0.39 is 5.97 Å². The minimum atomic E-state index is -0.633. The number of Topliss-reactive ketones (excluding diaryl/α,β-unsaturated/α-hetero) is 1. The van der Waals surface area contributed by atoms with E-state index in [1.165, 1.54) is 6.92 Å². The molecule has 0 spiro atoms. The van der Waals surface area contributed by atoms with Gasteiger partial charge in [0.2, 0.25) is 0 Å². The smallest absolute Gasteiger partial charge is 0.338 e. The molecule has 20 heavy (non-hydrogen) atoms. The Kier molecular flexibility index (Phi) is 9.09. The third kappa shape index (κ3) is 6.92. The molecular weight excluding hydrogens is 256 g/mol. The Labute approximate surface area is 120 Å². The van der Waals surface area contributed by atoms with Crippen LogP contribution in [0.4, 0.5) is 0 Å². The number of allylic oxidation sites excluding steroid dienone is 3. The highest BCUT2D eigenvalue weighted by Gasteiger charge is 2.18. The second-order valence-corrected chi connectivity index (χ2v) is 4.42. The Balaban J connectivity index is 4.86. The standard InChI is InChI=1S/C16H24O4/c1-5-8-13(9-6-2)11-20-16(19)14(10-12(4)17)15(18)7-3/h5,8-9,18H,6-7,10-11H2,1-4H3/b8-5-,13-9+,15-14-. The summed E-state index contributed by atoms with van der Waals surface area (Å²) in [6.45, 7) is 7.10. The van der Waals surface area contributed by atoms with Crippen molar-refractivity contribution < 1.29 is 19.4 Å². The minimum absolute atomic E-state index is 0.0522. The summed E-state index contributed by atoms with van der Waals surface area (Å²) in [5, 5.41) is 9.71. The first-order valence-electron chi connectivity index (χ1n) is 6.85. The maximum Gasteiger partial charge on any atom is 0.338 e. The quantitative estimate of drug-likeness (QED) is 0.319. The van der Waals surface area contributed by atoms with Crippen molar-refractivity contribution >= 4 is 11.8 Å². The lowest BCUT2D eigenvalue weighted by Crippen LogP contribution is -2.14. The van der Waals surface area contributed by atoms with E-state index in [0.29, 0.717) is 6.42 Å². The van der Waals surface area contributed by atoms with Crippen LogP contribution in [0.5, 0.6) is 0 Å². The predicted molar refractivity (Wildman–Crippen MR) is 79.4 cm³/mol. The maximum atomic E-state index is 11.9. The zero-order valence-electron chi connectivity index (χ0n) is 12.7. The number of ketones is 1. The summed E-state index contributed by atoms with van der Waals surface area (Å²) >= 11 is 0. The van der Waals surface area contributed by atoms with Gasteiger partial charge in [-0.1, -0.05) is 32.1 Å². The third-order valence-corrected chi connectivity index (χ3v) is 2.57. The number of hydrogen-bond acceptors (Lipinski definition) is 4. The predicted octanol–water partition coefficient (Wildman–Crippen LogP) is 3.64. The van der Waals surface area contributed by atoms with Gasteiger partial charge in [-0.3, -0.25) is 4.79 Å². The highest BCUT2D eigenvalue weighted by molar-refractivity contribution is 5.95. The maximum absolute atomic E-state index is 11.9. The molecule has 0 radical (unpaired) electrons. The van der Waals surface area contributed by atoms with Crippen molar-refractivity contribution in [3.8, 4) is 0 Å². The van der Waals surface area contributed by atoms with Crippen LogP contribution < -0.4 is 0 Å². The Bertz CT molecular complexity index is 428. The molecule has 0 aromatic heterocycles. The van der Waals surface area contributed by atoms with Crippen LogP contribution in [-0.2, 0) is 14.3 Å². The average molecular weight is 280 g/mol. The first-order chi connectivity index (χ1) is 9.46. The van der Waals surface area contributed by atoms with E-state index in [9.17, 15) is 14.7 Å². The van der Waals surface area contributed by atoms with Crippen LogP contribution in [0, 0.1) is 0 Å². The second-order valence-electron chi connectivity index (χ2n) is 4.42. The van der Waals surface area contributed by atoms with E-state index >= 15 is 0 Å². The fourth-order valence-electron chi connectivity index (χ4n) is 1.64. The molecule has 4 nitrogen and oxygen atoms in total. The summed E-state index contributed by atoms with van der Waals surface area (Å²) < 4.78 is 5.17. The number of hydrogen-bond donors (Lipinski definition) is 1. The van der Waals surface area contributed by atoms with Crippen molar-refractivity contribution in [3.63, 3.8) is 0 Å². The van der Waals surface area contributed by atoms with Gasteiger partial charge in [0.1, 0.15) is 18.1 Å². The van der Waals surface area contributed by atoms with Crippen molar-refractivity contribution in [2.45, 2.75) is 47.0 Å². The van der Waals surface area contributed by atoms with Crippen molar-refractivity contribution in [3.05, 3.63) is 35.1 Å². The van der Waals surface area contributed by atoms with E-state index in [1.54, 1.807) is 6.92 Å². The van der Waals surface area contributed by atoms with Gasteiger partial charge in [-0.05, 0) is 25.8 Å². The van der Waals surface area contributed by atoms with Gasteiger partial charge in [-0.15, -0.1) is 0 Å². The Morgan fingerprint density at radius 3 is 2.35 bits per heavy atom. The van der Waals surface area contributed by atoms with E-state index in [2.05, 4.69) is 0 Å². The van der Waals surface area contributed by atoms with Gasteiger partial charge in [0, 0.05) is 12.8 Å². The molecule has 0 aromatic rings. The van der Waals surface area contributed by atoms with E-state index in [0.717, 1.165) is 12.0 Å². The van der Waals surface area contributed by atoms with E-state index in [1.807, 2.05) is 32.1 Å². The number of aliphatic hydroxyl groups is 1. The third-order valence-electron chi connectivity index (χ3n) is 2.57. The van der Waals surface area contributed by atoms with E-state index in [4.69, 9.17) is 4.74 Å². The van der Waals surface area contributed by atoms with Gasteiger partial charge < -0.3 is 9.84 Å². The molecule has 0 amide bonds. The fraction of sp³-hybridized carbons (Fsp3) is 0.500. The first-order valence-corrected chi connectivity index (χ1v) is 6.85. The molecule has 1 N–H and O–H groups in total. The van der Waals surface area contributed by atoms with Crippen LogP contribution in [0.3, 0.4) is 0 Å². The van der Waals surface area contributed by atoms with Crippen molar-refractivity contribution in [2.24, 2.45) is 0 Å². The Morgan fingerprint density at radius 1 is 1.25 bits per heavy atom. The van der Waals surface area contributed by atoms with Crippen LogP contribution >= 0.6 is 0 Å². The molecule has 4 heteroatoms. The van der Waals surface area contributed by atoms with Crippen LogP contribution in [0.15, 0.2) is 35.1 Å². The largest absolute Gasteiger partial charge is 0.512 e. The lowest BCUT2D eigenvalue weighted by Gasteiger charge is -2.10. The number of rotatable bonds is 8. The van der Waals surface area contributed by atoms with Crippen LogP contribution in [0.1, 0.15) is 47.0 Å². The number of esters is 1. The topological polar surface area (TPSA) is 63.6 Å². The highest BCUT2D eigenvalue weighted by atomic mass is 16.5. The van der Waals surface area contributed by atoms with Gasteiger partial charge in [0.25, 0.3) is 0 Å². The summed E-state index contributed by atoms with van der Waals surface area (Å²) in [6, 6.07) is 0. The van der Waals surface area contributed by atoms with Crippen LogP contribution in [-0.4, -0.2) is 23.5 Å². The molecule has 0 aliphatic rings. The van der Waals surface area contributed by atoms with Gasteiger partial charge in [-0.25, -0.2) is 4.79 Å². The molecule has 0 bridgehead atoms. The van der Waals surface area contributed by atoms with Gasteiger partial charge in [0.05, 0.1) is 5.57 Å². The minimum Gasteiger partial charge on any atom is -0.512 e. The number of carbonyl (C=O) groups excluding carboxylic acids is 2. The summed E-state index contributed by atoms with van der Waals surface area (Å²) in [5.41, 5.74) is 0.942. The zero-order valence-corrected chi connectivity index (χ0v) is 12.7. The highest BCUT2D eigenvalue weighted by Crippen LogP contribution is 2.13. The summed E-state index contributed by atoms with van der Waals surface area (Å²) in [4.78, 5) is 23.1. The molecule has 0 fully saturated rings. The Morgan fingerprint density at radius 2 is 1.90 bits per heavy atom. The van der Waals surface area contributed by atoms with Crippen molar-refractivity contribution in [2.75, 3.05) is 6.61 Å². The number of ether oxygens (including phenoxy) is 1. The zero-order chi connectivity index (χ0) is 15.5. The average Bonchev–Trinajstić information content (AvgIpc) is 2.41. The fourth-order valence-corrected chi connectivity index (χ4v) is 1.64. The lowest BCUT2D eigenvalue weighted by atomic mass is 10.1. The monoisotopic (exact) mass is 280 g/mol. The van der Waals surface area contributed by atoms with Crippen molar-refractivity contribution in [1.29, 1.82) is 0 Å². The molecule has 0 saturated carbocycles. The van der Waals surface area contributed by atoms with E-state index in [-0.39, 0.29) is 30.1 Å². The van der Waals surface area contributed by atoms with Gasteiger partial charge in [0.15, 0.2) is 0 Å². The molecule has 0 aromatic carbocycles. The molecular formula is C16H24O4. The molecule has 0 aliphatic carbocycles. The normalized spacial score (nSPS) is 13.3. The summed E-state index contributed by atoms with van der Waals surface area (Å²) in [6.07, 6.45) is 6.73. The molecule has 112 valence electrons. The Hall–Kier alpha value is -1.84. The van der Waals surface area contributed by atoms with Crippen molar-refractivity contribution in [1.82, 2.24) is 0 Å². The molecule has 0 atom stereocenters. The molecule has 0 unspecified atom stereocenters. The van der Waals surface area contributed by atoms with Crippen LogP contribution in [0.2, 0.25) is 0 Å².